The second kappa shape index (κ2) is 8.93. The second-order valence-corrected chi connectivity index (χ2v) is 10.1. The molecule has 0 fully saturated rings. The number of amides is 1. The normalized spacial score (nSPS) is 11.6. The van der Waals surface area contributed by atoms with Crippen molar-refractivity contribution >= 4 is 65.0 Å². The molecule has 2 heterocycles. The van der Waals surface area contributed by atoms with Gasteiger partial charge in [0, 0.05) is 33.5 Å². The van der Waals surface area contributed by atoms with Crippen LogP contribution in [0.1, 0.15) is 38.2 Å². The zero-order valence-corrected chi connectivity index (χ0v) is 21.1. The molecule has 0 atom stereocenters. The lowest BCUT2D eigenvalue weighted by Crippen LogP contribution is -2.21. The van der Waals surface area contributed by atoms with Crippen LogP contribution in [0.2, 0.25) is 10.0 Å². The zero-order chi connectivity index (χ0) is 24.8. The fourth-order valence-electron chi connectivity index (χ4n) is 3.69. The minimum atomic E-state index is -0.719. The monoisotopic (exact) mass is 492 g/mol. The van der Waals surface area contributed by atoms with Crippen LogP contribution in [0, 0.1) is 5.41 Å². The fourth-order valence-corrected chi connectivity index (χ4v) is 4.14. The average molecular weight is 493 g/mol. The first-order chi connectivity index (χ1) is 16.0. The van der Waals surface area contributed by atoms with E-state index in [2.05, 4.69) is 5.32 Å². The molecule has 0 bridgehead atoms. The van der Waals surface area contributed by atoms with Gasteiger partial charge >= 0.3 is 0 Å². The predicted molar refractivity (Wildman–Crippen MR) is 141 cm³/mol. The number of benzene rings is 2. The number of nitrogens with one attached hydrogen (secondary N) is 1. The van der Waals surface area contributed by atoms with E-state index in [0.717, 1.165) is 22.2 Å². The fraction of sp³-hybridized carbons (Fsp3) is 0.192. The Morgan fingerprint density at radius 1 is 1.00 bits per heavy atom. The Labute approximate surface area is 208 Å². The summed E-state index contributed by atoms with van der Waals surface area (Å²) >= 11 is 12.7. The number of hydrogen-bond acceptors (Lipinski definition) is 4. The Morgan fingerprint density at radius 2 is 1.68 bits per heavy atom. The van der Waals surface area contributed by atoms with E-state index in [1.54, 1.807) is 32.9 Å². The summed E-state index contributed by atoms with van der Waals surface area (Å²) in [6, 6.07) is 15.0. The molecule has 5 nitrogen and oxygen atoms in total. The predicted octanol–water partition coefficient (Wildman–Crippen LogP) is 5.91. The minimum Gasteiger partial charge on any atom is -0.432 e. The summed E-state index contributed by atoms with van der Waals surface area (Å²) < 4.78 is 5.98. The third kappa shape index (κ3) is 4.61. The van der Waals surface area contributed by atoms with Crippen molar-refractivity contribution < 1.29 is 14.0 Å². The van der Waals surface area contributed by atoms with Crippen LogP contribution in [0.15, 0.2) is 52.9 Å². The smallest absolute Gasteiger partial charge is 0.229 e. The highest BCUT2D eigenvalue weighted by molar-refractivity contribution is 6.38. The summed E-state index contributed by atoms with van der Waals surface area (Å²) in [5.74, 6) is -0.485. The molecule has 1 N–H and O–H groups in total. The van der Waals surface area contributed by atoms with Crippen LogP contribution in [-0.4, -0.2) is 24.5 Å². The molecule has 34 heavy (non-hydrogen) atoms. The molecule has 8 heteroatoms. The number of pyridine rings is 1. The molecule has 172 valence electrons. The van der Waals surface area contributed by atoms with Crippen molar-refractivity contribution in [1.29, 1.82) is 0 Å². The van der Waals surface area contributed by atoms with Crippen molar-refractivity contribution in [2.75, 3.05) is 5.32 Å². The third-order valence-corrected chi connectivity index (χ3v) is 5.97. The van der Waals surface area contributed by atoms with E-state index in [9.17, 15) is 9.59 Å². The number of furan rings is 1. The SMILES string of the molecule is Bc1ccc(-c2nc3oc(C(=O)C(C)(C)C)c(NC(C)=O)c3cc2-c2ccc(Cl)cc2)c(Cl)c1. The molecule has 0 unspecified atom stereocenters. The lowest BCUT2D eigenvalue weighted by Gasteiger charge is -2.15. The van der Waals surface area contributed by atoms with Crippen molar-refractivity contribution in [1.82, 2.24) is 4.98 Å². The summed E-state index contributed by atoms with van der Waals surface area (Å²) in [5, 5.41) is 4.45. The molecule has 2 aromatic carbocycles. The molecular formula is C26H23BCl2N2O3. The topological polar surface area (TPSA) is 72.2 Å². The number of anilines is 1. The molecule has 0 aliphatic heterocycles. The van der Waals surface area contributed by atoms with Gasteiger partial charge < -0.3 is 9.73 Å². The van der Waals surface area contributed by atoms with Crippen molar-refractivity contribution in [2.24, 2.45) is 5.41 Å². The Hall–Kier alpha value is -3.09. The molecule has 4 aromatic rings. The van der Waals surface area contributed by atoms with E-state index in [1.807, 2.05) is 44.2 Å². The van der Waals surface area contributed by atoms with Crippen molar-refractivity contribution in [3.8, 4) is 22.4 Å². The molecule has 0 radical (unpaired) electrons. The highest BCUT2D eigenvalue weighted by Gasteiger charge is 2.31. The lowest BCUT2D eigenvalue weighted by molar-refractivity contribution is -0.114. The highest BCUT2D eigenvalue weighted by Crippen LogP contribution is 2.41. The van der Waals surface area contributed by atoms with Gasteiger partial charge in [-0.3, -0.25) is 9.59 Å². The standard InChI is InChI=1S/C26H23BCl2N2O3/c1-13(32)30-22-19-12-18(14-5-8-16(28)9-6-14)21(17-10-7-15(27)11-20(17)29)31-25(19)34-23(22)24(33)26(2,3)4/h5-12H,27H2,1-4H3,(H,30,32). The van der Waals surface area contributed by atoms with Crippen molar-refractivity contribution in [2.45, 2.75) is 27.7 Å². The van der Waals surface area contributed by atoms with Crippen molar-refractivity contribution in [3.05, 3.63) is 64.3 Å². The first-order valence-electron chi connectivity index (χ1n) is 10.8. The van der Waals surface area contributed by atoms with Gasteiger partial charge in [-0.2, -0.15) is 0 Å². The van der Waals surface area contributed by atoms with Gasteiger partial charge in [-0.15, -0.1) is 0 Å². The Bertz CT molecular complexity index is 1440. The number of Topliss-reactive ketones (excluding diaryl/α,β-unsaturated/α-hetero) is 1. The van der Waals surface area contributed by atoms with E-state index in [4.69, 9.17) is 32.6 Å². The lowest BCUT2D eigenvalue weighted by atomic mass is 9.88. The number of fused-ring (bicyclic) bond motifs is 1. The number of aromatic nitrogens is 1. The number of nitrogens with zero attached hydrogens (tertiary/aromatic N) is 1. The first kappa shape index (κ1) is 24.1. The minimum absolute atomic E-state index is 0.0689. The second-order valence-electron chi connectivity index (χ2n) is 9.29. The number of carbonyl (C=O) groups excluding carboxylic acids is 2. The number of ketones is 1. The van der Waals surface area contributed by atoms with Gasteiger partial charge in [0.15, 0.2) is 5.76 Å². The Balaban J connectivity index is 2.08. The van der Waals surface area contributed by atoms with E-state index in [-0.39, 0.29) is 23.2 Å². The van der Waals surface area contributed by atoms with Crippen LogP contribution in [0.4, 0.5) is 5.69 Å². The summed E-state index contributed by atoms with van der Waals surface area (Å²) in [4.78, 5) is 30.0. The van der Waals surface area contributed by atoms with Crippen LogP contribution in [0.5, 0.6) is 0 Å². The number of halogens is 2. The molecule has 0 spiro atoms. The molecular weight excluding hydrogens is 470 g/mol. The van der Waals surface area contributed by atoms with Gasteiger partial charge in [-0.1, -0.05) is 73.7 Å². The van der Waals surface area contributed by atoms with Crippen molar-refractivity contribution in [3.63, 3.8) is 0 Å². The number of hydrogen-bond donors (Lipinski definition) is 1. The Morgan fingerprint density at radius 3 is 2.26 bits per heavy atom. The Kier molecular flexibility index (Phi) is 6.32. The van der Waals surface area contributed by atoms with Crippen LogP contribution in [0.3, 0.4) is 0 Å². The highest BCUT2D eigenvalue weighted by atomic mass is 35.5. The maximum Gasteiger partial charge on any atom is 0.229 e. The maximum absolute atomic E-state index is 13.2. The zero-order valence-electron chi connectivity index (χ0n) is 19.5. The number of rotatable bonds is 4. The first-order valence-corrected chi connectivity index (χ1v) is 11.5. The molecule has 0 aliphatic carbocycles. The summed E-state index contributed by atoms with van der Waals surface area (Å²) in [5.41, 5.74) is 3.78. The number of carbonyl (C=O) groups is 2. The molecule has 0 saturated heterocycles. The van der Waals surface area contributed by atoms with Gasteiger partial charge in [0.1, 0.15) is 13.5 Å². The van der Waals surface area contributed by atoms with E-state index in [0.29, 0.717) is 26.8 Å². The quantitative estimate of drug-likeness (QED) is 0.283. The summed E-state index contributed by atoms with van der Waals surface area (Å²) in [7, 11) is 1.96. The van der Waals surface area contributed by atoms with Gasteiger partial charge in [0.05, 0.1) is 11.1 Å². The van der Waals surface area contributed by atoms with Gasteiger partial charge in [0.2, 0.25) is 17.4 Å². The summed E-state index contributed by atoms with van der Waals surface area (Å²) in [6.45, 7) is 6.77. The van der Waals surface area contributed by atoms with Gasteiger partial charge in [-0.05, 0) is 29.8 Å². The van der Waals surface area contributed by atoms with E-state index >= 15 is 0 Å². The van der Waals surface area contributed by atoms with E-state index in [1.165, 1.54) is 6.92 Å². The maximum atomic E-state index is 13.2. The largest absolute Gasteiger partial charge is 0.432 e. The van der Waals surface area contributed by atoms with Crippen LogP contribution >= 0.6 is 23.2 Å². The molecule has 2 aromatic heterocycles. The summed E-state index contributed by atoms with van der Waals surface area (Å²) in [6.07, 6.45) is 0. The molecule has 0 saturated carbocycles. The third-order valence-electron chi connectivity index (χ3n) is 5.41. The van der Waals surface area contributed by atoms with Crippen LogP contribution < -0.4 is 10.8 Å². The molecule has 1 amide bonds. The van der Waals surface area contributed by atoms with E-state index < -0.39 is 5.41 Å². The van der Waals surface area contributed by atoms with Gasteiger partial charge in [0.25, 0.3) is 0 Å². The van der Waals surface area contributed by atoms with Crippen LogP contribution in [0.25, 0.3) is 33.5 Å². The average Bonchev–Trinajstić information content (AvgIpc) is 3.09. The van der Waals surface area contributed by atoms with Gasteiger partial charge in [-0.25, -0.2) is 4.98 Å². The molecule has 4 rings (SSSR count). The molecule has 0 aliphatic rings. The van der Waals surface area contributed by atoms with Crippen LogP contribution in [-0.2, 0) is 4.79 Å².